The minimum atomic E-state index is -0.799. The summed E-state index contributed by atoms with van der Waals surface area (Å²) in [5, 5.41) is 11.8. The summed E-state index contributed by atoms with van der Waals surface area (Å²) in [7, 11) is 0. The molecule has 0 unspecified atom stereocenters. The van der Waals surface area contributed by atoms with E-state index in [1.54, 1.807) is 0 Å². The molecule has 1 aromatic rings. The number of hydrogen-bond donors (Lipinski definition) is 2. The summed E-state index contributed by atoms with van der Waals surface area (Å²) >= 11 is 0. The minimum absolute atomic E-state index is 0.0642. The second kappa shape index (κ2) is 3.76. The maximum atomic E-state index is 10.8. The number of terminal acetylenes is 1. The van der Waals surface area contributed by atoms with Gasteiger partial charge in [0.2, 0.25) is 0 Å². The van der Waals surface area contributed by atoms with E-state index >= 15 is 0 Å². The summed E-state index contributed by atoms with van der Waals surface area (Å²) in [6.45, 7) is 0.715. The van der Waals surface area contributed by atoms with Crippen LogP contribution in [0.4, 0.5) is 0 Å². The van der Waals surface area contributed by atoms with Gasteiger partial charge < -0.3 is 10.4 Å². The lowest BCUT2D eigenvalue weighted by Gasteiger charge is -2.35. The van der Waals surface area contributed by atoms with Gasteiger partial charge in [-0.2, -0.15) is 0 Å². The van der Waals surface area contributed by atoms with Crippen molar-refractivity contribution in [3.63, 3.8) is 0 Å². The van der Waals surface area contributed by atoms with Crippen LogP contribution >= 0.6 is 0 Å². The molecule has 1 aliphatic rings. The van der Waals surface area contributed by atoms with E-state index in [9.17, 15) is 4.79 Å². The smallest absolute Gasteiger partial charge is 0.321 e. The van der Waals surface area contributed by atoms with Gasteiger partial charge in [0.25, 0.3) is 0 Å². The maximum Gasteiger partial charge on any atom is 0.321 e. The maximum absolute atomic E-state index is 10.8. The average molecular weight is 201 g/mol. The first kappa shape index (κ1) is 9.75. The van der Waals surface area contributed by atoms with Crippen LogP contribution in [0.25, 0.3) is 0 Å². The van der Waals surface area contributed by atoms with Crippen LogP contribution in [0.15, 0.2) is 24.3 Å². The highest BCUT2D eigenvalue weighted by Gasteiger charge is 2.36. The lowest BCUT2D eigenvalue weighted by molar-refractivity contribution is -0.142. The summed E-state index contributed by atoms with van der Waals surface area (Å²) in [5.41, 5.74) is 1.85. The monoisotopic (exact) mass is 201 g/mol. The summed E-state index contributed by atoms with van der Waals surface area (Å²) in [4.78, 5) is 10.8. The fraction of sp³-hybridized carbons (Fsp3) is 0.250. The first-order valence-electron chi connectivity index (χ1n) is 4.75. The zero-order valence-corrected chi connectivity index (χ0v) is 8.10. The fourth-order valence-electron chi connectivity index (χ4n) is 1.75. The lowest BCUT2D eigenvalue weighted by Crippen LogP contribution is -2.55. The van der Waals surface area contributed by atoms with Gasteiger partial charge in [0, 0.05) is 18.0 Å². The quantitative estimate of drug-likeness (QED) is 0.696. The molecular formula is C12H11NO2. The van der Waals surface area contributed by atoms with Gasteiger partial charge in [0.05, 0.1) is 0 Å². The lowest BCUT2D eigenvalue weighted by atomic mass is 9.85. The Bertz CT molecular complexity index is 416. The number of carboxylic acid groups (broad SMARTS) is 1. The molecule has 3 nitrogen and oxygen atoms in total. The highest BCUT2D eigenvalue weighted by atomic mass is 16.4. The van der Waals surface area contributed by atoms with Crippen LogP contribution in [-0.2, 0) is 4.79 Å². The van der Waals surface area contributed by atoms with E-state index < -0.39 is 12.0 Å². The SMILES string of the molecule is C#Cc1ccc([C@@H]2CN[C@H]2C(=O)O)cc1. The highest BCUT2D eigenvalue weighted by Crippen LogP contribution is 2.26. The molecule has 15 heavy (non-hydrogen) atoms. The first-order valence-corrected chi connectivity index (χ1v) is 4.75. The summed E-state index contributed by atoms with van der Waals surface area (Å²) in [6.07, 6.45) is 5.24. The second-order valence-electron chi connectivity index (χ2n) is 3.60. The van der Waals surface area contributed by atoms with E-state index in [-0.39, 0.29) is 5.92 Å². The number of carboxylic acids is 1. The highest BCUT2D eigenvalue weighted by molar-refractivity contribution is 5.76. The van der Waals surface area contributed by atoms with Gasteiger partial charge in [0.15, 0.2) is 0 Å². The molecule has 0 bridgehead atoms. The zero-order chi connectivity index (χ0) is 10.8. The van der Waals surface area contributed by atoms with Gasteiger partial charge in [-0.1, -0.05) is 18.1 Å². The summed E-state index contributed by atoms with van der Waals surface area (Å²) < 4.78 is 0. The van der Waals surface area contributed by atoms with Crippen LogP contribution in [0.3, 0.4) is 0 Å². The molecule has 76 valence electrons. The first-order chi connectivity index (χ1) is 7.22. The number of carbonyl (C=O) groups is 1. The van der Waals surface area contributed by atoms with Crippen LogP contribution < -0.4 is 5.32 Å². The van der Waals surface area contributed by atoms with E-state index in [0.717, 1.165) is 11.1 Å². The molecule has 1 heterocycles. The number of benzene rings is 1. The molecule has 0 amide bonds. The third-order valence-electron chi connectivity index (χ3n) is 2.73. The number of nitrogens with one attached hydrogen (secondary N) is 1. The number of rotatable bonds is 2. The van der Waals surface area contributed by atoms with Gasteiger partial charge in [0.1, 0.15) is 6.04 Å². The molecule has 0 saturated carbocycles. The molecule has 0 aromatic heterocycles. The van der Waals surface area contributed by atoms with Gasteiger partial charge in [-0.3, -0.25) is 4.79 Å². The van der Waals surface area contributed by atoms with Crippen LogP contribution in [0.5, 0.6) is 0 Å². The summed E-state index contributed by atoms with van der Waals surface area (Å²) in [6, 6.07) is 7.02. The van der Waals surface area contributed by atoms with Crippen LogP contribution in [0, 0.1) is 12.3 Å². The second-order valence-corrected chi connectivity index (χ2v) is 3.60. The Morgan fingerprint density at radius 1 is 1.47 bits per heavy atom. The van der Waals surface area contributed by atoms with E-state index in [4.69, 9.17) is 11.5 Å². The van der Waals surface area contributed by atoms with Crippen molar-refractivity contribution in [2.24, 2.45) is 0 Å². The Morgan fingerprint density at radius 2 is 2.13 bits per heavy atom. The third kappa shape index (κ3) is 1.72. The van der Waals surface area contributed by atoms with Crippen LogP contribution in [0.2, 0.25) is 0 Å². The molecule has 1 aromatic carbocycles. The van der Waals surface area contributed by atoms with Crippen molar-refractivity contribution in [3.8, 4) is 12.3 Å². The largest absolute Gasteiger partial charge is 0.480 e. The molecule has 1 fully saturated rings. The Labute approximate surface area is 88.1 Å². The van der Waals surface area contributed by atoms with Crippen molar-refractivity contribution in [2.75, 3.05) is 6.54 Å². The van der Waals surface area contributed by atoms with Crippen molar-refractivity contribution in [3.05, 3.63) is 35.4 Å². The van der Waals surface area contributed by atoms with Crippen LogP contribution in [0.1, 0.15) is 17.0 Å². The predicted molar refractivity (Wildman–Crippen MR) is 56.5 cm³/mol. The third-order valence-corrected chi connectivity index (χ3v) is 2.73. The van der Waals surface area contributed by atoms with Gasteiger partial charge in [-0.15, -0.1) is 6.42 Å². The fourth-order valence-corrected chi connectivity index (χ4v) is 1.75. The standard InChI is InChI=1S/C12H11NO2/c1-2-8-3-5-9(6-4-8)10-7-13-11(10)12(14)15/h1,3-6,10-11,13H,7H2,(H,14,15)/t10-,11+/m0/s1. The normalized spacial score (nSPS) is 23.9. The van der Waals surface area contributed by atoms with Crippen LogP contribution in [-0.4, -0.2) is 23.7 Å². The Hall–Kier alpha value is -1.79. The van der Waals surface area contributed by atoms with Gasteiger partial charge >= 0.3 is 5.97 Å². The molecule has 1 saturated heterocycles. The zero-order valence-electron chi connectivity index (χ0n) is 8.10. The van der Waals surface area contributed by atoms with Crippen molar-refractivity contribution >= 4 is 5.97 Å². The predicted octanol–water partition coefficient (Wildman–Crippen LogP) is 0.808. The van der Waals surface area contributed by atoms with Crippen molar-refractivity contribution in [1.82, 2.24) is 5.32 Å². The van der Waals surface area contributed by atoms with E-state index in [1.165, 1.54) is 0 Å². The minimum Gasteiger partial charge on any atom is -0.480 e. The molecule has 2 rings (SSSR count). The number of aliphatic carboxylic acids is 1. The topological polar surface area (TPSA) is 49.3 Å². The van der Waals surface area contributed by atoms with Crippen molar-refractivity contribution in [2.45, 2.75) is 12.0 Å². The Balaban J connectivity index is 2.17. The van der Waals surface area contributed by atoms with Gasteiger partial charge in [-0.25, -0.2) is 0 Å². The van der Waals surface area contributed by atoms with Crippen molar-refractivity contribution < 1.29 is 9.90 Å². The molecule has 0 aliphatic carbocycles. The summed E-state index contributed by atoms with van der Waals surface area (Å²) in [5.74, 6) is 1.80. The molecular weight excluding hydrogens is 190 g/mol. The molecule has 2 N–H and O–H groups in total. The Morgan fingerprint density at radius 3 is 2.53 bits per heavy atom. The molecule has 1 aliphatic heterocycles. The Kier molecular flexibility index (Phi) is 2.44. The van der Waals surface area contributed by atoms with Gasteiger partial charge in [-0.05, 0) is 17.7 Å². The van der Waals surface area contributed by atoms with Crippen molar-refractivity contribution in [1.29, 1.82) is 0 Å². The van der Waals surface area contributed by atoms with E-state index in [0.29, 0.717) is 6.54 Å². The number of hydrogen-bond acceptors (Lipinski definition) is 2. The molecule has 0 spiro atoms. The average Bonchev–Trinajstić information content (AvgIpc) is 2.16. The van der Waals surface area contributed by atoms with E-state index in [1.807, 2.05) is 24.3 Å². The molecule has 0 radical (unpaired) electrons. The molecule has 2 atom stereocenters. The van der Waals surface area contributed by atoms with E-state index in [2.05, 4.69) is 11.2 Å². The molecule has 3 heteroatoms.